The maximum absolute atomic E-state index is 13.8. The third-order valence-corrected chi connectivity index (χ3v) is 5.30. The molecular formula is C21H20FNO3. The highest BCUT2D eigenvalue weighted by Crippen LogP contribution is 2.43. The summed E-state index contributed by atoms with van der Waals surface area (Å²) in [6.07, 6.45) is 2.14. The van der Waals surface area contributed by atoms with E-state index in [1.54, 1.807) is 0 Å². The lowest BCUT2D eigenvalue weighted by molar-refractivity contribution is 0.415. The van der Waals surface area contributed by atoms with Crippen LogP contribution in [-0.2, 0) is 0 Å². The Labute approximate surface area is 150 Å². The Bertz CT molecular complexity index is 1160. The van der Waals surface area contributed by atoms with Gasteiger partial charge in [0.15, 0.2) is 0 Å². The van der Waals surface area contributed by atoms with Gasteiger partial charge < -0.3 is 14.1 Å². The number of nitrogens with zero attached hydrogens (tertiary/aromatic N) is 1. The Morgan fingerprint density at radius 1 is 1.19 bits per heavy atom. The summed E-state index contributed by atoms with van der Waals surface area (Å²) in [6, 6.07) is 6.41. The van der Waals surface area contributed by atoms with Crippen molar-refractivity contribution in [3.63, 3.8) is 0 Å². The van der Waals surface area contributed by atoms with Gasteiger partial charge >= 0.3 is 5.63 Å². The number of halogens is 1. The number of likely N-dealkylation sites (N-methyl/N-ethyl adjacent to an activating group) is 1. The molecule has 0 atom stereocenters. The molecule has 1 aliphatic rings. The van der Waals surface area contributed by atoms with Crippen LogP contribution in [0.5, 0.6) is 5.75 Å². The van der Waals surface area contributed by atoms with Crippen molar-refractivity contribution in [2.45, 2.75) is 26.3 Å². The number of anilines is 1. The van der Waals surface area contributed by atoms with Gasteiger partial charge in [-0.3, -0.25) is 0 Å². The normalized spacial score (nSPS) is 15.9. The molecule has 1 aromatic heterocycles. The molecule has 0 N–H and O–H groups in total. The minimum absolute atomic E-state index is 0.164. The fraction of sp³-hybridized carbons (Fsp3) is 0.286. The second kappa shape index (κ2) is 5.34. The molecular weight excluding hydrogens is 333 g/mol. The van der Waals surface area contributed by atoms with Crippen molar-refractivity contribution in [3.8, 4) is 5.75 Å². The lowest BCUT2D eigenvalue weighted by Gasteiger charge is -2.40. The van der Waals surface area contributed by atoms with E-state index in [4.69, 9.17) is 9.15 Å². The number of benzene rings is 2. The third kappa shape index (κ3) is 2.16. The third-order valence-electron chi connectivity index (χ3n) is 5.30. The molecule has 0 aliphatic carbocycles. The van der Waals surface area contributed by atoms with Gasteiger partial charge in [0.2, 0.25) is 0 Å². The first kappa shape index (κ1) is 16.6. The van der Waals surface area contributed by atoms with E-state index in [9.17, 15) is 9.18 Å². The SMILES string of the molecule is COc1cc(F)cc2oc(=O)c3c4c(ccc3c12)N(C)C(C)(C)C=C4C. The van der Waals surface area contributed by atoms with E-state index in [0.717, 1.165) is 16.8 Å². The van der Waals surface area contributed by atoms with Gasteiger partial charge in [-0.15, -0.1) is 0 Å². The van der Waals surface area contributed by atoms with Gasteiger partial charge in [0, 0.05) is 35.8 Å². The Morgan fingerprint density at radius 3 is 2.62 bits per heavy atom. The average molecular weight is 353 g/mol. The van der Waals surface area contributed by atoms with Crippen LogP contribution < -0.4 is 15.3 Å². The molecule has 134 valence electrons. The van der Waals surface area contributed by atoms with Crippen molar-refractivity contribution in [1.29, 1.82) is 0 Å². The topological polar surface area (TPSA) is 42.7 Å². The molecule has 0 spiro atoms. The van der Waals surface area contributed by atoms with Gasteiger partial charge in [0.25, 0.3) is 0 Å². The summed E-state index contributed by atoms with van der Waals surface area (Å²) in [5.74, 6) is -0.160. The molecule has 2 heterocycles. The van der Waals surface area contributed by atoms with Crippen molar-refractivity contribution in [3.05, 3.63) is 52.1 Å². The molecule has 4 nitrogen and oxygen atoms in total. The van der Waals surface area contributed by atoms with Crippen LogP contribution in [0.3, 0.4) is 0 Å². The Kier molecular flexibility index (Phi) is 3.41. The number of fused-ring (bicyclic) bond motifs is 5. The summed E-state index contributed by atoms with van der Waals surface area (Å²) in [5.41, 5.74) is 2.38. The van der Waals surface area contributed by atoms with Gasteiger partial charge in [0.05, 0.1) is 23.4 Å². The molecule has 0 unspecified atom stereocenters. The lowest BCUT2D eigenvalue weighted by atomic mass is 9.86. The van der Waals surface area contributed by atoms with E-state index >= 15 is 0 Å². The molecule has 0 saturated carbocycles. The molecule has 26 heavy (non-hydrogen) atoms. The fourth-order valence-electron chi connectivity index (χ4n) is 3.92. The largest absolute Gasteiger partial charge is 0.496 e. The molecule has 0 amide bonds. The van der Waals surface area contributed by atoms with Gasteiger partial charge in [-0.05, 0) is 32.4 Å². The van der Waals surface area contributed by atoms with Crippen molar-refractivity contribution >= 4 is 33.0 Å². The van der Waals surface area contributed by atoms with Crippen LogP contribution in [0.25, 0.3) is 27.3 Å². The molecule has 0 bridgehead atoms. The van der Waals surface area contributed by atoms with Gasteiger partial charge in [-0.25, -0.2) is 9.18 Å². The van der Waals surface area contributed by atoms with Crippen molar-refractivity contribution in [1.82, 2.24) is 0 Å². The maximum Gasteiger partial charge on any atom is 0.344 e. The molecule has 0 fully saturated rings. The van der Waals surface area contributed by atoms with Gasteiger partial charge in [-0.2, -0.15) is 0 Å². The van der Waals surface area contributed by atoms with E-state index < -0.39 is 11.4 Å². The zero-order valence-corrected chi connectivity index (χ0v) is 15.4. The van der Waals surface area contributed by atoms with E-state index in [0.29, 0.717) is 21.9 Å². The van der Waals surface area contributed by atoms with Crippen molar-refractivity contribution < 1.29 is 13.5 Å². The first-order chi connectivity index (χ1) is 12.2. The van der Waals surface area contributed by atoms with E-state index in [2.05, 4.69) is 24.8 Å². The monoisotopic (exact) mass is 353 g/mol. The number of hydrogen-bond acceptors (Lipinski definition) is 4. The van der Waals surface area contributed by atoms with Gasteiger partial charge in [-0.1, -0.05) is 12.1 Å². The van der Waals surface area contributed by atoms with Crippen LogP contribution in [0.1, 0.15) is 26.3 Å². The van der Waals surface area contributed by atoms with Crippen LogP contribution in [0.15, 0.2) is 39.6 Å². The molecule has 4 rings (SSSR count). The summed E-state index contributed by atoms with van der Waals surface area (Å²) in [6.45, 7) is 6.25. The predicted octanol–water partition coefficient (Wildman–Crippen LogP) is 4.73. The van der Waals surface area contributed by atoms with E-state index in [-0.39, 0.29) is 11.1 Å². The van der Waals surface area contributed by atoms with E-state index in [1.165, 1.54) is 19.2 Å². The molecule has 0 radical (unpaired) electrons. The zero-order valence-electron chi connectivity index (χ0n) is 15.4. The molecule has 2 aromatic carbocycles. The number of hydrogen-bond donors (Lipinski definition) is 0. The summed E-state index contributed by atoms with van der Waals surface area (Å²) >= 11 is 0. The number of methoxy groups -OCH3 is 1. The summed E-state index contributed by atoms with van der Waals surface area (Å²) in [4.78, 5) is 15.0. The zero-order chi connectivity index (χ0) is 18.8. The van der Waals surface area contributed by atoms with Crippen molar-refractivity contribution in [2.75, 3.05) is 19.1 Å². The van der Waals surface area contributed by atoms with Gasteiger partial charge in [0.1, 0.15) is 17.1 Å². The van der Waals surface area contributed by atoms with Crippen LogP contribution >= 0.6 is 0 Å². The second-order valence-corrected chi connectivity index (χ2v) is 7.29. The average Bonchev–Trinajstić information content (AvgIpc) is 2.57. The maximum atomic E-state index is 13.8. The highest BCUT2D eigenvalue weighted by Gasteiger charge is 2.31. The summed E-state index contributed by atoms with van der Waals surface area (Å²) in [7, 11) is 3.48. The first-order valence-electron chi connectivity index (χ1n) is 8.45. The molecule has 5 heteroatoms. The standard InChI is InChI=1S/C21H20FNO3/c1-11-10-21(2,3)23(4)14-7-6-13-18-15(25-5)8-12(22)9-16(18)26-20(24)19(13)17(11)14/h6-10H,1-5H3. The number of allylic oxidation sites excluding steroid dienone is 1. The fourth-order valence-corrected chi connectivity index (χ4v) is 3.92. The number of ether oxygens (including phenoxy) is 1. The highest BCUT2D eigenvalue weighted by atomic mass is 19.1. The summed E-state index contributed by atoms with van der Waals surface area (Å²) in [5, 5.41) is 1.80. The number of rotatable bonds is 1. The predicted molar refractivity (Wildman–Crippen MR) is 103 cm³/mol. The lowest BCUT2D eigenvalue weighted by Crippen LogP contribution is -2.42. The van der Waals surface area contributed by atoms with Crippen molar-refractivity contribution in [2.24, 2.45) is 0 Å². The quantitative estimate of drug-likeness (QED) is 0.469. The minimum atomic E-state index is -0.507. The Morgan fingerprint density at radius 2 is 1.92 bits per heavy atom. The van der Waals surface area contributed by atoms with Crippen LogP contribution in [-0.4, -0.2) is 19.7 Å². The smallest absolute Gasteiger partial charge is 0.344 e. The highest BCUT2D eigenvalue weighted by molar-refractivity contribution is 6.12. The summed E-state index contributed by atoms with van der Waals surface area (Å²) < 4.78 is 24.7. The molecule has 0 saturated heterocycles. The second-order valence-electron chi connectivity index (χ2n) is 7.29. The van der Waals surface area contributed by atoms with Crippen LogP contribution in [0.2, 0.25) is 0 Å². The minimum Gasteiger partial charge on any atom is -0.496 e. The Hall–Kier alpha value is -2.82. The Balaban J connectivity index is 2.23. The van der Waals surface area contributed by atoms with E-state index in [1.807, 2.05) is 26.1 Å². The first-order valence-corrected chi connectivity index (χ1v) is 8.45. The van der Waals surface area contributed by atoms with Crippen LogP contribution in [0, 0.1) is 5.82 Å². The molecule has 1 aliphatic heterocycles. The molecule has 3 aromatic rings. The van der Waals surface area contributed by atoms with Crippen LogP contribution in [0.4, 0.5) is 10.1 Å².